The average Bonchev–Trinajstić information content (AvgIpc) is 4.01. The smallest absolute Gasteiger partial charge is 0.407 e. The molecule has 3 aliphatic heterocycles. The van der Waals surface area contributed by atoms with Crippen molar-refractivity contribution in [3.8, 4) is 28.8 Å². The maximum absolute atomic E-state index is 17.6. The molecule has 15 heteroatoms. The van der Waals surface area contributed by atoms with Crippen molar-refractivity contribution in [1.82, 2.24) is 24.8 Å². The predicted molar refractivity (Wildman–Crippen MR) is 213 cm³/mol. The van der Waals surface area contributed by atoms with Gasteiger partial charge in [0.25, 0.3) is 0 Å². The van der Waals surface area contributed by atoms with Crippen molar-refractivity contribution >= 4 is 39.8 Å². The number of hydrogen-bond acceptors (Lipinski definition) is 11. The van der Waals surface area contributed by atoms with E-state index in [-0.39, 0.29) is 45.6 Å². The van der Waals surface area contributed by atoms with Gasteiger partial charge in [0.05, 0.1) is 38.0 Å². The monoisotopic (exact) mass is 793 g/mol. The number of hydrogen-bond donors (Lipinski definition) is 1. The summed E-state index contributed by atoms with van der Waals surface area (Å²) in [4.78, 5) is 37.7. The Bertz CT molecular complexity index is 2310. The molecule has 2 aromatic carbocycles. The summed E-state index contributed by atoms with van der Waals surface area (Å²) in [7, 11) is 3.28. The highest BCUT2D eigenvalue weighted by Gasteiger charge is 2.53. The first-order chi connectivity index (χ1) is 27.5. The number of fused-ring (bicyclic) bond motifs is 5. The molecule has 3 fully saturated rings. The summed E-state index contributed by atoms with van der Waals surface area (Å²) in [6, 6.07) is 16.8. The van der Waals surface area contributed by atoms with Gasteiger partial charge in [0, 0.05) is 30.8 Å². The molecule has 1 aliphatic carbocycles. The molecule has 3 aromatic heterocycles. The molecule has 1 N–H and O–H groups in total. The average molecular weight is 794 g/mol. The van der Waals surface area contributed by atoms with Crippen LogP contribution in [0.15, 0.2) is 59.8 Å². The van der Waals surface area contributed by atoms with Crippen molar-refractivity contribution in [2.75, 3.05) is 36.8 Å². The van der Waals surface area contributed by atoms with Crippen LogP contribution in [0.5, 0.6) is 17.4 Å². The number of benzene rings is 2. The third kappa shape index (κ3) is 6.59. The van der Waals surface area contributed by atoms with Gasteiger partial charge in [0.1, 0.15) is 46.3 Å². The van der Waals surface area contributed by atoms with Crippen LogP contribution >= 0.6 is 0 Å². The van der Waals surface area contributed by atoms with Crippen molar-refractivity contribution in [3.05, 3.63) is 82.7 Å². The lowest BCUT2D eigenvalue weighted by molar-refractivity contribution is 0.0707. The standard InChI is InChI=1S/C42H44FN7O6S/c1-22-18-31(48(19-24-6-13-28(54-3)14-7-24)20-25-8-15-29(55-4)16-9-25)44-36(32(22)26-10-11-26)37-34(43)35-33-39(47-41(46-35)57(5)53)49-21-27-12-17-30(50(27)42(51)52)38(49)23(2)56-40(33)45-37/h6-9,13-16,18,23,26-27,30,38H,10-12,17,19-21H2,1-5H3,(H,51,52). The van der Waals surface area contributed by atoms with Crippen LogP contribution in [0, 0.1) is 12.7 Å². The van der Waals surface area contributed by atoms with Crippen molar-refractivity contribution in [2.24, 2.45) is 0 Å². The number of aromatic nitrogens is 4. The minimum Gasteiger partial charge on any atom is -0.609 e. The summed E-state index contributed by atoms with van der Waals surface area (Å²) in [5.41, 5.74) is 4.31. The number of piperazine rings is 1. The zero-order valence-corrected chi connectivity index (χ0v) is 33.3. The molecule has 0 spiro atoms. The first-order valence-electron chi connectivity index (χ1n) is 19.2. The first-order valence-corrected chi connectivity index (χ1v) is 20.8. The van der Waals surface area contributed by atoms with Gasteiger partial charge in [0.15, 0.2) is 11.6 Å². The van der Waals surface area contributed by atoms with Gasteiger partial charge in [-0.05, 0) is 98.0 Å². The highest BCUT2D eigenvalue weighted by molar-refractivity contribution is 7.90. The van der Waals surface area contributed by atoms with E-state index in [9.17, 15) is 14.5 Å². The molecule has 1 saturated carbocycles. The van der Waals surface area contributed by atoms with Gasteiger partial charge in [-0.3, -0.25) is 4.90 Å². The summed E-state index contributed by atoms with van der Waals surface area (Å²) in [6.07, 6.45) is 3.16. The molecule has 0 radical (unpaired) electrons. The molecule has 296 valence electrons. The SMILES string of the molecule is COc1ccc(CN(Cc2ccc(OC)cc2)c2cc(C)c(C3CC3)c(-c3nc4c5c(nc([S+](C)[O-])nc5c3F)N3CC5CCC(C3C(C)O4)N5C(=O)O)n2)cc1. The molecule has 1 amide bonds. The highest BCUT2D eigenvalue weighted by atomic mass is 32.2. The first kappa shape index (κ1) is 37.2. The second-order valence-corrected chi connectivity index (χ2v) is 16.7. The Balaban J connectivity index is 1.21. The van der Waals surface area contributed by atoms with E-state index >= 15 is 4.39 Å². The molecule has 2 saturated heterocycles. The minimum atomic E-state index is -1.66. The van der Waals surface area contributed by atoms with E-state index in [0.29, 0.717) is 49.8 Å². The van der Waals surface area contributed by atoms with Crippen molar-refractivity contribution < 1.29 is 33.1 Å². The van der Waals surface area contributed by atoms with E-state index in [1.807, 2.05) is 67.3 Å². The summed E-state index contributed by atoms with van der Waals surface area (Å²) in [6.45, 7) is 5.25. The van der Waals surface area contributed by atoms with Gasteiger partial charge in [-0.2, -0.15) is 9.97 Å². The molecule has 4 aliphatic rings. The second kappa shape index (κ2) is 14.5. The molecule has 9 rings (SSSR count). The lowest BCUT2D eigenvalue weighted by Gasteiger charge is -2.47. The van der Waals surface area contributed by atoms with Gasteiger partial charge < -0.3 is 33.7 Å². The number of amides is 1. The zero-order chi connectivity index (χ0) is 39.7. The van der Waals surface area contributed by atoms with Gasteiger partial charge in [-0.1, -0.05) is 24.3 Å². The second-order valence-electron chi connectivity index (χ2n) is 15.4. The maximum atomic E-state index is 17.6. The van der Waals surface area contributed by atoms with Gasteiger partial charge in [-0.15, -0.1) is 0 Å². The fourth-order valence-electron chi connectivity index (χ4n) is 9.02. The number of halogens is 1. The van der Waals surface area contributed by atoms with E-state index in [1.165, 1.54) is 11.2 Å². The highest BCUT2D eigenvalue weighted by Crippen LogP contribution is 2.49. The summed E-state index contributed by atoms with van der Waals surface area (Å²) in [5, 5.41) is 10.5. The quantitative estimate of drug-likeness (QED) is 0.116. The normalized spacial score (nSPS) is 21.5. The summed E-state index contributed by atoms with van der Waals surface area (Å²) < 4.78 is 48.2. The lowest BCUT2D eigenvalue weighted by atomic mass is 9.98. The molecule has 13 nitrogen and oxygen atoms in total. The predicted octanol–water partition coefficient (Wildman–Crippen LogP) is 6.85. The van der Waals surface area contributed by atoms with Crippen molar-refractivity contribution in [3.63, 3.8) is 0 Å². The maximum Gasteiger partial charge on any atom is 0.407 e. The Kier molecular flexibility index (Phi) is 9.47. The molecule has 2 bridgehead atoms. The van der Waals surface area contributed by atoms with E-state index in [4.69, 9.17) is 29.2 Å². The molecular weight excluding hydrogens is 750 g/mol. The third-order valence-corrected chi connectivity index (χ3v) is 12.5. The van der Waals surface area contributed by atoms with E-state index in [1.54, 1.807) is 14.2 Å². The van der Waals surface area contributed by atoms with E-state index in [2.05, 4.69) is 16.0 Å². The number of rotatable bonds is 10. The van der Waals surface area contributed by atoms with Gasteiger partial charge in [0.2, 0.25) is 5.88 Å². The topological polar surface area (TPSA) is 149 Å². The Morgan fingerprint density at radius 1 is 0.965 bits per heavy atom. The Hall–Kier alpha value is -5.41. The van der Waals surface area contributed by atoms with Gasteiger partial charge >= 0.3 is 11.2 Å². The molecule has 5 aromatic rings. The Morgan fingerprint density at radius 2 is 1.61 bits per heavy atom. The number of carbonyl (C=O) groups is 1. The third-order valence-electron chi connectivity index (χ3n) is 11.8. The lowest BCUT2D eigenvalue weighted by Crippen LogP contribution is -2.64. The molecular formula is C42H44FN7O6S. The van der Waals surface area contributed by atoms with Crippen LogP contribution in [-0.4, -0.2) is 91.8 Å². The number of nitrogens with zero attached hydrogens (tertiary/aromatic N) is 7. The number of anilines is 2. The van der Waals surface area contributed by atoms with E-state index < -0.39 is 35.2 Å². The van der Waals surface area contributed by atoms with Crippen molar-refractivity contribution in [1.29, 1.82) is 0 Å². The number of ether oxygens (including phenoxy) is 3. The molecule has 5 atom stereocenters. The largest absolute Gasteiger partial charge is 0.609 e. The zero-order valence-electron chi connectivity index (χ0n) is 32.4. The van der Waals surface area contributed by atoms with Crippen LogP contribution in [-0.2, 0) is 24.3 Å². The van der Waals surface area contributed by atoms with E-state index in [0.717, 1.165) is 46.6 Å². The fourth-order valence-corrected chi connectivity index (χ4v) is 9.45. The number of aryl methyl sites for hydroxylation is 1. The summed E-state index contributed by atoms with van der Waals surface area (Å²) in [5.74, 6) is 2.13. The van der Waals surface area contributed by atoms with Crippen LogP contribution in [0.25, 0.3) is 22.3 Å². The van der Waals surface area contributed by atoms with Crippen LogP contribution in [0.3, 0.4) is 0 Å². The minimum absolute atomic E-state index is 0.00330. The number of pyridine rings is 2. The van der Waals surface area contributed by atoms with Crippen LogP contribution < -0.4 is 24.0 Å². The molecule has 57 heavy (non-hydrogen) atoms. The van der Waals surface area contributed by atoms with Crippen molar-refractivity contribution in [2.45, 2.75) is 87.9 Å². The molecule has 5 unspecified atom stereocenters. The Labute approximate surface area is 333 Å². The van der Waals surface area contributed by atoms with Gasteiger partial charge in [-0.25, -0.2) is 19.2 Å². The van der Waals surface area contributed by atoms with Crippen LogP contribution in [0.1, 0.15) is 60.8 Å². The Morgan fingerprint density at radius 3 is 2.19 bits per heavy atom. The summed E-state index contributed by atoms with van der Waals surface area (Å²) >= 11 is -1.66. The number of methoxy groups -OCH3 is 2. The van der Waals surface area contributed by atoms with Crippen LogP contribution in [0.2, 0.25) is 0 Å². The fraction of sp³-hybridized carbons (Fsp3) is 0.405. The number of carboxylic acid groups (broad SMARTS) is 1. The molecule has 6 heterocycles. The van der Waals surface area contributed by atoms with Crippen LogP contribution in [0.4, 0.5) is 20.8 Å².